The first-order valence-electron chi connectivity index (χ1n) is 6.72. The lowest BCUT2D eigenvalue weighted by molar-refractivity contribution is 0.112. The number of hydrogen-bond donors (Lipinski definition) is 0. The number of anilines is 1. The van der Waals surface area contributed by atoms with Crippen molar-refractivity contribution >= 4 is 12.0 Å². The molecule has 1 aromatic rings. The van der Waals surface area contributed by atoms with Crippen LogP contribution in [0.25, 0.3) is 0 Å². The van der Waals surface area contributed by atoms with E-state index in [0.717, 1.165) is 51.2 Å². The van der Waals surface area contributed by atoms with Gasteiger partial charge < -0.3 is 9.80 Å². The standard InChI is InChI=1S/C14H22N4O/c1-16(2)5-6-17-7-9-18(10-8-17)14-3-4-15-11-13(14)12-19/h3-4,11-12H,5-10H2,1-2H3. The van der Waals surface area contributed by atoms with Crippen molar-refractivity contribution in [2.45, 2.75) is 0 Å². The van der Waals surface area contributed by atoms with Gasteiger partial charge in [0, 0.05) is 51.7 Å². The second-order valence-electron chi connectivity index (χ2n) is 5.18. The zero-order chi connectivity index (χ0) is 13.7. The van der Waals surface area contributed by atoms with Crippen LogP contribution in [0.3, 0.4) is 0 Å². The molecule has 1 fully saturated rings. The van der Waals surface area contributed by atoms with Crippen molar-refractivity contribution in [2.24, 2.45) is 0 Å². The molecule has 2 heterocycles. The average Bonchev–Trinajstić information content (AvgIpc) is 2.45. The Kier molecular flexibility index (Phi) is 4.87. The van der Waals surface area contributed by atoms with Crippen molar-refractivity contribution in [3.8, 4) is 0 Å². The van der Waals surface area contributed by atoms with Gasteiger partial charge in [0.15, 0.2) is 6.29 Å². The third-order valence-corrected chi connectivity index (χ3v) is 3.53. The molecule has 0 radical (unpaired) electrons. The summed E-state index contributed by atoms with van der Waals surface area (Å²) in [6, 6.07) is 1.93. The molecule has 0 saturated carbocycles. The van der Waals surface area contributed by atoms with E-state index in [1.54, 1.807) is 12.4 Å². The lowest BCUT2D eigenvalue weighted by atomic mass is 10.2. The molecule has 5 nitrogen and oxygen atoms in total. The predicted octanol–water partition coefficient (Wildman–Crippen LogP) is 0.578. The number of carbonyl (C=O) groups excluding carboxylic acids is 1. The van der Waals surface area contributed by atoms with E-state index in [9.17, 15) is 4.79 Å². The van der Waals surface area contributed by atoms with Gasteiger partial charge in [0.25, 0.3) is 0 Å². The topological polar surface area (TPSA) is 39.7 Å². The van der Waals surface area contributed by atoms with E-state index in [2.05, 4.69) is 33.8 Å². The molecule has 0 aromatic carbocycles. The highest BCUT2D eigenvalue weighted by Gasteiger charge is 2.18. The van der Waals surface area contributed by atoms with Gasteiger partial charge in [-0.15, -0.1) is 0 Å². The van der Waals surface area contributed by atoms with Gasteiger partial charge in [-0.1, -0.05) is 0 Å². The van der Waals surface area contributed by atoms with Gasteiger partial charge >= 0.3 is 0 Å². The number of piperazine rings is 1. The van der Waals surface area contributed by atoms with E-state index in [4.69, 9.17) is 0 Å². The van der Waals surface area contributed by atoms with Crippen molar-refractivity contribution in [1.29, 1.82) is 0 Å². The molecule has 0 N–H and O–H groups in total. The Balaban J connectivity index is 1.91. The molecule has 19 heavy (non-hydrogen) atoms. The summed E-state index contributed by atoms with van der Waals surface area (Å²) in [5.74, 6) is 0. The molecule has 104 valence electrons. The van der Waals surface area contributed by atoms with E-state index in [-0.39, 0.29) is 0 Å². The van der Waals surface area contributed by atoms with Gasteiger partial charge in [0.1, 0.15) is 0 Å². The quantitative estimate of drug-likeness (QED) is 0.726. The van der Waals surface area contributed by atoms with Crippen LogP contribution in [0.15, 0.2) is 18.5 Å². The number of likely N-dealkylation sites (N-methyl/N-ethyl adjacent to an activating group) is 1. The molecule has 0 spiro atoms. The minimum atomic E-state index is 0.684. The molecular weight excluding hydrogens is 240 g/mol. The first-order chi connectivity index (χ1) is 9.20. The monoisotopic (exact) mass is 262 g/mol. The predicted molar refractivity (Wildman–Crippen MR) is 76.8 cm³/mol. The minimum absolute atomic E-state index is 0.684. The van der Waals surface area contributed by atoms with E-state index >= 15 is 0 Å². The van der Waals surface area contributed by atoms with Crippen LogP contribution >= 0.6 is 0 Å². The van der Waals surface area contributed by atoms with Gasteiger partial charge in [-0.3, -0.25) is 14.7 Å². The zero-order valence-corrected chi connectivity index (χ0v) is 11.7. The van der Waals surface area contributed by atoms with Crippen LogP contribution in [0.5, 0.6) is 0 Å². The van der Waals surface area contributed by atoms with Gasteiger partial charge in [-0.25, -0.2) is 0 Å². The zero-order valence-electron chi connectivity index (χ0n) is 11.7. The van der Waals surface area contributed by atoms with Gasteiger partial charge in [0.05, 0.1) is 11.3 Å². The maximum atomic E-state index is 11.0. The summed E-state index contributed by atoms with van der Waals surface area (Å²) in [6.07, 6.45) is 4.28. The molecule has 0 bridgehead atoms. The third-order valence-electron chi connectivity index (χ3n) is 3.53. The van der Waals surface area contributed by atoms with E-state index in [1.165, 1.54) is 0 Å². The summed E-state index contributed by atoms with van der Waals surface area (Å²) in [7, 11) is 4.20. The fourth-order valence-electron chi connectivity index (χ4n) is 2.33. The first-order valence-corrected chi connectivity index (χ1v) is 6.72. The smallest absolute Gasteiger partial charge is 0.153 e. The van der Waals surface area contributed by atoms with Crippen LogP contribution in [0.4, 0.5) is 5.69 Å². The number of pyridine rings is 1. The Morgan fingerprint density at radius 2 is 2.05 bits per heavy atom. The average molecular weight is 262 g/mol. The second kappa shape index (κ2) is 6.63. The molecule has 1 aliphatic heterocycles. The first kappa shape index (κ1) is 14.0. The molecule has 1 saturated heterocycles. The minimum Gasteiger partial charge on any atom is -0.368 e. The Morgan fingerprint density at radius 1 is 1.32 bits per heavy atom. The second-order valence-corrected chi connectivity index (χ2v) is 5.18. The van der Waals surface area contributed by atoms with E-state index in [1.807, 2.05) is 6.07 Å². The van der Waals surface area contributed by atoms with E-state index in [0.29, 0.717) is 5.56 Å². The summed E-state index contributed by atoms with van der Waals surface area (Å²) >= 11 is 0. The largest absolute Gasteiger partial charge is 0.368 e. The Labute approximate surface area is 114 Å². The van der Waals surface area contributed by atoms with Gasteiger partial charge in [-0.2, -0.15) is 0 Å². The lowest BCUT2D eigenvalue weighted by Crippen LogP contribution is -2.48. The number of hydrogen-bond acceptors (Lipinski definition) is 5. The third kappa shape index (κ3) is 3.75. The highest BCUT2D eigenvalue weighted by molar-refractivity contribution is 5.83. The Bertz CT molecular complexity index is 414. The molecule has 0 unspecified atom stereocenters. The Morgan fingerprint density at radius 3 is 2.68 bits per heavy atom. The Hall–Kier alpha value is -1.46. The van der Waals surface area contributed by atoms with Crippen LogP contribution in [-0.2, 0) is 0 Å². The van der Waals surface area contributed by atoms with Crippen LogP contribution in [0.1, 0.15) is 10.4 Å². The fourth-order valence-corrected chi connectivity index (χ4v) is 2.33. The lowest BCUT2D eigenvalue weighted by Gasteiger charge is -2.36. The van der Waals surface area contributed by atoms with E-state index < -0.39 is 0 Å². The molecule has 0 aliphatic carbocycles. The molecule has 5 heteroatoms. The van der Waals surface area contributed by atoms with Gasteiger partial charge in [-0.05, 0) is 20.2 Å². The molecule has 1 aromatic heterocycles. The number of carbonyl (C=O) groups is 1. The summed E-state index contributed by atoms with van der Waals surface area (Å²) < 4.78 is 0. The molecular formula is C14H22N4O. The maximum absolute atomic E-state index is 11.0. The van der Waals surface area contributed by atoms with Crippen molar-refractivity contribution in [3.63, 3.8) is 0 Å². The summed E-state index contributed by atoms with van der Waals surface area (Å²) in [5.41, 5.74) is 1.70. The number of aldehydes is 1. The van der Waals surface area contributed by atoms with Crippen molar-refractivity contribution in [2.75, 3.05) is 58.3 Å². The normalized spacial score (nSPS) is 16.9. The van der Waals surface area contributed by atoms with Crippen molar-refractivity contribution < 1.29 is 4.79 Å². The molecule has 2 rings (SSSR count). The van der Waals surface area contributed by atoms with Crippen LogP contribution in [0.2, 0.25) is 0 Å². The molecule has 0 atom stereocenters. The molecule has 1 aliphatic rings. The summed E-state index contributed by atoms with van der Waals surface area (Å²) in [4.78, 5) is 22.0. The number of nitrogens with zero attached hydrogens (tertiary/aromatic N) is 4. The van der Waals surface area contributed by atoms with Crippen LogP contribution in [0, 0.1) is 0 Å². The number of aromatic nitrogens is 1. The molecule has 0 amide bonds. The number of rotatable bonds is 5. The SMILES string of the molecule is CN(C)CCN1CCN(c2ccncc2C=O)CC1. The fraction of sp³-hybridized carbons (Fsp3) is 0.571. The van der Waals surface area contributed by atoms with Crippen LogP contribution in [-0.4, -0.2) is 74.4 Å². The highest BCUT2D eigenvalue weighted by atomic mass is 16.1. The summed E-state index contributed by atoms with van der Waals surface area (Å²) in [5, 5.41) is 0. The van der Waals surface area contributed by atoms with Crippen molar-refractivity contribution in [3.05, 3.63) is 24.0 Å². The highest BCUT2D eigenvalue weighted by Crippen LogP contribution is 2.19. The van der Waals surface area contributed by atoms with Crippen LogP contribution < -0.4 is 4.90 Å². The maximum Gasteiger partial charge on any atom is 0.153 e. The van der Waals surface area contributed by atoms with Gasteiger partial charge in [0.2, 0.25) is 0 Å². The van der Waals surface area contributed by atoms with Crippen molar-refractivity contribution in [1.82, 2.24) is 14.8 Å². The summed E-state index contributed by atoms with van der Waals surface area (Å²) in [6.45, 7) is 6.24.